The van der Waals surface area contributed by atoms with Crippen molar-refractivity contribution in [3.8, 4) is 0 Å². The average Bonchev–Trinajstić information content (AvgIpc) is 2.26. The zero-order valence-corrected chi connectivity index (χ0v) is 10.5. The van der Waals surface area contributed by atoms with Crippen LogP contribution in [0.5, 0.6) is 0 Å². The van der Waals surface area contributed by atoms with E-state index in [1.54, 1.807) is 19.1 Å². The van der Waals surface area contributed by atoms with Crippen LogP contribution in [0.15, 0.2) is 24.3 Å². The quantitative estimate of drug-likeness (QED) is 0.851. The van der Waals surface area contributed by atoms with Crippen LogP contribution in [-0.2, 0) is 10.2 Å². The Balaban J connectivity index is 2.98. The molecule has 1 N–H and O–H groups in total. The highest BCUT2D eigenvalue weighted by Gasteiger charge is 2.34. The third-order valence-electron chi connectivity index (χ3n) is 3.18. The van der Waals surface area contributed by atoms with E-state index in [4.69, 9.17) is 0 Å². The normalized spacial score (nSPS) is 14.6. The second-order valence-corrected chi connectivity index (χ2v) is 5.08. The molecule has 0 aliphatic rings. The Morgan fingerprint density at radius 1 is 1.35 bits per heavy atom. The fourth-order valence-electron chi connectivity index (χ4n) is 1.77. The highest BCUT2D eigenvalue weighted by Crippen LogP contribution is 2.31. The highest BCUT2D eigenvalue weighted by molar-refractivity contribution is 5.80. The van der Waals surface area contributed by atoms with Crippen molar-refractivity contribution >= 4 is 5.97 Å². The molecule has 0 amide bonds. The Bertz CT molecular complexity index is 384. The average molecular weight is 238 g/mol. The highest BCUT2D eigenvalue weighted by atomic mass is 19.1. The van der Waals surface area contributed by atoms with Crippen LogP contribution in [0.4, 0.5) is 4.39 Å². The molecule has 17 heavy (non-hydrogen) atoms. The lowest BCUT2D eigenvalue weighted by Gasteiger charge is -2.26. The Kier molecular flexibility index (Phi) is 4.27. The molecule has 3 heteroatoms. The molecule has 1 rings (SSSR count). The number of aliphatic carboxylic acids is 1. The molecule has 0 radical (unpaired) electrons. The largest absolute Gasteiger partial charge is 0.481 e. The number of carboxylic acids is 1. The van der Waals surface area contributed by atoms with Gasteiger partial charge in [-0.3, -0.25) is 4.79 Å². The number of hydrogen-bond acceptors (Lipinski definition) is 1. The molecule has 0 bridgehead atoms. The van der Waals surface area contributed by atoms with Crippen LogP contribution >= 0.6 is 0 Å². The first-order chi connectivity index (χ1) is 7.86. The molecule has 0 aromatic heterocycles. The maximum Gasteiger partial charge on any atom is 0.313 e. The van der Waals surface area contributed by atoms with Gasteiger partial charge in [0.25, 0.3) is 0 Å². The van der Waals surface area contributed by atoms with E-state index in [2.05, 4.69) is 13.8 Å². The first-order valence-electron chi connectivity index (χ1n) is 5.85. The van der Waals surface area contributed by atoms with Gasteiger partial charge in [-0.25, -0.2) is 4.39 Å². The topological polar surface area (TPSA) is 37.3 Å². The summed E-state index contributed by atoms with van der Waals surface area (Å²) in [5, 5.41) is 9.37. The summed E-state index contributed by atoms with van der Waals surface area (Å²) in [6, 6.07) is 5.74. The molecule has 1 aromatic rings. The van der Waals surface area contributed by atoms with E-state index in [1.165, 1.54) is 12.1 Å². The van der Waals surface area contributed by atoms with Crippen molar-refractivity contribution in [2.45, 2.75) is 39.0 Å². The minimum atomic E-state index is -0.933. The van der Waals surface area contributed by atoms with Gasteiger partial charge in [-0.15, -0.1) is 0 Å². The van der Waals surface area contributed by atoms with Crippen molar-refractivity contribution in [3.05, 3.63) is 35.6 Å². The zero-order valence-electron chi connectivity index (χ0n) is 10.5. The van der Waals surface area contributed by atoms with Crippen molar-refractivity contribution in [2.24, 2.45) is 5.92 Å². The molecular formula is C14H19FO2. The lowest BCUT2D eigenvalue weighted by molar-refractivity contribution is -0.143. The smallest absolute Gasteiger partial charge is 0.313 e. The molecule has 1 atom stereocenters. The van der Waals surface area contributed by atoms with Gasteiger partial charge in [-0.1, -0.05) is 26.0 Å². The fourth-order valence-corrected chi connectivity index (χ4v) is 1.77. The molecule has 0 aliphatic carbocycles. The molecule has 0 spiro atoms. The van der Waals surface area contributed by atoms with E-state index in [0.29, 0.717) is 17.9 Å². The predicted octanol–water partition coefficient (Wildman–Crippen LogP) is 3.60. The minimum absolute atomic E-state index is 0.342. The number of carboxylic acid groups (broad SMARTS) is 1. The van der Waals surface area contributed by atoms with Crippen LogP contribution < -0.4 is 0 Å². The lowest BCUT2D eigenvalue weighted by Crippen LogP contribution is -2.32. The van der Waals surface area contributed by atoms with Crippen LogP contribution in [-0.4, -0.2) is 11.1 Å². The van der Waals surface area contributed by atoms with E-state index in [9.17, 15) is 14.3 Å². The van der Waals surface area contributed by atoms with Crippen LogP contribution in [0.1, 0.15) is 39.2 Å². The van der Waals surface area contributed by atoms with E-state index >= 15 is 0 Å². The second-order valence-electron chi connectivity index (χ2n) is 5.08. The van der Waals surface area contributed by atoms with Crippen LogP contribution in [0, 0.1) is 11.7 Å². The number of hydrogen-bond donors (Lipinski definition) is 1. The van der Waals surface area contributed by atoms with Gasteiger partial charge in [0, 0.05) is 0 Å². The van der Waals surface area contributed by atoms with Crippen LogP contribution in [0.2, 0.25) is 0 Å². The van der Waals surface area contributed by atoms with Crippen molar-refractivity contribution < 1.29 is 14.3 Å². The maximum atomic E-state index is 12.8. The molecule has 0 saturated carbocycles. The number of halogens is 1. The summed E-state index contributed by atoms with van der Waals surface area (Å²) in [6.45, 7) is 5.82. The lowest BCUT2D eigenvalue weighted by atomic mass is 9.77. The predicted molar refractivity (Wildman–Crippen MR) is 65.5 cm³/mol. The van der Waals surface area contributed by atoms with Gasteiger partial charge < -0.3 is 5.11 Å². The van der Waals surface area contributed by atoms with Crippen molar-refractivity contribution in [1.82, 2.24) is 0 Å². The molecule has 0 saturated heterocycles. The molecule has 1 aromatic carbocycles. The van der Waals surface area contributed by atoms with E-state index in [1.807, 2.05) is 0 Å². The monoisotopic (exact) mass is 238 g/mol. The first kappa shape index (κ1) is 13.7. The summed E-state index contributed by atoms with van der Waals surface area (Å²) >= 11 is 0. The number of benzene rings is 1. The van der Waals surface area contributed by atoms with E-state index < -0.39 is 11.4 Å². The van der Waals surface area contributed by atoms with Crippen molar-refractivity contribution in [1.29, 1.82) is 0 Å². The van der Waals surface area contributed by atoms with Gasteiger partial charge in [-0.05, 0) is 43.4 Å². The van der Waals surface area contributed by atoms with Gasteiger partial charge in [-0.2, -0.15) is 0 Å². The Labute approximate surface area is 101 Å². The Hall–Kier alpha value is -1.38. The fraction of sp³-hybridized carbons (Fsp3) is 0.500. The van der Waals surface area contributed by atoms with Crippen LogP contribution in [0.3, 0.4) is 0 Å². The van der Waals surface area contributed by atoms with Gasteiger partial charge in [0.15, 0.2) is 0 Å². The van der Waals surface area contributed by atoms with Gasteiger partial charge >= 0.3 is 5.97 Å². The number of rotatable bonds is 5. The van der Waals surface area contributed by atoms with Crippen LogP contribution in [0.25, 0.3) is 0 Å². The molecule has 94 valence electrons. The second kappa shape index (κ2) is 5.30. The van der Waals surface area contributed by atoms with Crippen molar-refractivity contribution in [2.75, 3.05) is 0 Å². The van der Waals surface area contributed by atoms with E-state index in [0.717, 1.165) is 6.42 Å². The molecule has 0 heterocycles. The third-order valence-corrected chi connectivity index (χ3v) is 3.18. The zero-order chi connectivity index (χ0) is 13.1. The summed E-state index contributed by atoms with van der Waals surface area (Å²) in [4.78, 5) is 11.4. The number of carbonyl (C=O) groups is 1. The summed E-state index contributed by atoms with van der Waals surface area (Å²) in [5.74, 6) is -0.746. The molecule has 0 fully saturated rings. The third kappa shape index (κ3) is 3.29. The molecule has 0 aliphatic heterocycles. The standard InChI is InChI=1S/C14H19FO2/c1-10(2)8-9-14(3,13(16)17)11-4-6-12(15)7-5-11/h4-7,10H,8-9H2,1-3H3,(H,16,17)/t14-/m1/s1. The maximum absolute atomic E-state index is 12.8. The Morgan fingerprint density at radius 2 is 1.88 bits per heavy atom. The van der Waals surface area contributed by atoms with Crippen molar-refractivity contribution in [3.63, 3.8) is 0 Å². The summed E-state index contributed by atoms with van der Waals surface area (Å²) < 4.78 is 12.8. The summed E-state index contributed by atoms with van der Waals surface area (Å²) in [5.41, 5.74) is -0.273. The first-order valence-corrected chi connectivity index (χ1v) is 5.85. The minimum Gasteiger partial charge on any atom is -0.481 e. The van der Waals surface area contributed by atoms with Gasteiger partial charge in [0.2, 0.25) is 0 Å². The molecular weight excluding hydrogens is 219 g/mol. The molecule has 2 nitrogen and oxygen atoms in total. The SMILES string of the molecule is CC(C)CC[C@@](C)(C(=O)O)c1ccc(F)cc1. The van der Waals surface area contributed by atoms with Gasteiger partial charge in [0.05, 0.1) is 5.41 Å². The van der Waals surface area contributed by atoms with Gasteiger partial charge in [0.1, 0.15) is 5.82 Å². The summed E-state index contributed by atoms with van der Waals surface area (Å²) in [7, 11) is 0. The molecule has 0 unspecified atom stereocenters. The summed E-state index contributed by atoms with van der Waals surface area (Å²) in [6.07, 6.45) is 1.39. The van der Waals surface area contributed by atoms with E-state index in [-0.39, 0.29) is 5.82 Å². The Morgan fingerprint density at radius 3 is 2.29 bits per heavy atom.